The van der Waals surface area contributed by atoms with E-state index in [4.69, 9.17) is 14.0 Å². The fraction of sp³-hybridized carbons (Fsp3) is 0.833. The molecule has 0 saturated carbocycles. The maximum Gasteiger partial charge on any atom is 0.240 e. The molecule has 0 aliphatic carbocycles. The predicted molar refractivity (Wildman–Crippen MR) is 62.8 cm³/mol. The lowest BCUT2D eigenvalue weighted by Crippen LogP contribution is -2.44. The van der Waals surface area contributed by atoms with E-state index >= 15 is 0 Å². The van der Waals surface area contributed by atoms with E-state index in [1.54, 1.807) is 0 Å². The van der Waals surface area contributed by atoms with Crippen LogP contribution in [0.3, 0.4) is 0 Å². The number of piperidine rings is 1. The van der Waals surface area contributed by atoms with Gasteiger partial charge in [-0.1, -0.05) is 12.1 Å². The third kappa shape index (κ3) is 2.41. The molecule has 0 radical (unpaired) electrons. The first-order valence-electron chi connectivity index (χ1n) is 6.61. The number of likely N-dealkylation sites (tertiary alicyclic amines) is 1. The van der Waals surface area contributed by atoms with Crippen molar-refractivity contribution in [2.75, 3.05) is 26.3 Å². The highest BCUT2D eigenvalue weighted by Crippen LogP contribution is 2.31. The summed E-state index contributed by atoms with van der Waals surface area (Å²) in [5.74, 6) is 1.18. The van der Waals surface area contributed by atoms with Crippen molar-refractivity contribution < 1.29 is 14.0 Å². The van der Waals surface area contributed by atoms with E-state index < -0.39 is 0 Å². The third-order valence-electron chi connectivity index (χ3n) is 3.62. The van der Waals surface area contributed by atoms with E-state index in [2.05, 4.69) is 15.0 Å². The first-order chi connectivity index (χ1) is 8.80. The molecule has 0 unspecified atom stereocenters. The molecule has 1 aromatic heterocycles. The third-order valence-corrected chi connectivity index (χ3v) is 3.62. The van der Waals surface area contributed by atoms with Crippen molar-refractivity contribution in [3.63, 3.8) is 0 Å². The minimum atomic E-state index is -0.306. The number of hydrogen-bond donors (Lipinski definition) is 0. The van der Waals surface area contributed by atoms with Gasteiger partial charge in [0.25, 0.3) is 0 Å². The van der Waals surface area contributed by atoms with Gasteiger partial charge in [0, 0.05) is 32.4 Å². The van der Waals surface area contributed by atoms with Crippen LogP contribution in [0.15, 0.2) is 4.52 Å². The van der Waals surface area contributed by atoms with Gasteiger partial charge >= 0.3 is 0 Å². The van der Waals surface area contributed by atoms with Gasteiger partial charge in [-0.15, -0.1) is 0 Å². The van der Waals surface area contributed by atoms with Crippen LogP contribution in [0.4, 0.5) is 0 Å². The van der Waals surface area contributed by atoms with E-state index in [9.17, 15) is 0 Å². The summed E-state index contributed by atoms with van der Waals surface area (Å²) in [6.07, 6.45) is 2.65. The molecule has 1 aromatic rings. The molecule has 2 saturated heterocycles. The molecule has 6 nitrogen and oxygen atoms in total. The van der Waals surface area contributed by atoms with Crippen LogP contribution in [0.5, 0.6) is 0 Å². The second kappa shape index (κ2) is 4.95. The Kier molecular flexibility index (Phi) is 3.32. The Morgan fingerprint density at radius 1 is 1.22 bits per heavy atom. The van der Waals surface area contributed by atoms with E-state index in [0.29, 0.717) is 5.89 Å². The van der Waals surface area contributed by atoms with Crippen LogP contribution < -0.4 is 0 Å². The topological polar surface area (TPSA) is 60.6 Å². The maximum atomic E-state index is 5.70. The Balaban J connectivity index is 1.53. The fourth-order valence-corrected chi connectivity index (χ4v) is 2.53. The molecule has 1 spiro atoms. The van der Waals surface area contributed by atoms with Crippen molar-refractivity contribution in [3.05, 3.63) is 11.7 Å². The Morgan fingerprint density at radius 2 is 1.94 bits per heavy atom. The number of aromatic nitrogens is 2. The van der Waals surface area contributed by atoms with Crippen molar-refractivity contribution in [2.24, 2.45) is 0 Å². The molecule has 3 heterocycles. The van der Waals surface area contributed by atoms with Gasteiger partial charge < -0.3 is 14.0 Å². The zero-order chi connectivity index (χ0) is 12.4. The molecule has 100 valence electrons. The van der Waals surface area contributed by atoms with E-state index in [1.165, 1.54) is 0 Å². The second-order valence-corrected chi connectivity index (χ2v) is 4.84. The average Bonchev–Trinajstić information content (AvgIpc) is 3.02. The second-order valence-electron chi connectivity index (χ2n) is 4.84. The van der Waals surface area contributed by atoms with Gasteiger partial charge in [0.05, 0.1) is 19.8 Å². The van der Waals surface area contributed by atoms with Gasteiger partial charge in [0.2, 0.25) is 5.89 Å². The normalized spacial score (nSPS) is 23.8. The fourth-order valence-electron chi connectivity index (χ4n) is 2.53. The quantitative estimate of drug-likeness (QED) is 0.800. The van der Waals surface area contributed by atoms with Gasteiger partial charge in [-0.3, -0.25) is 4.90 Å². The summed E-state index contributed by atoms with van der Waals surface area (Å²) in [6.45, 7) is 6.10. The average molecular weight is 253 g/mol. The van der Waals surface area contributed by atoms with Gasteiger partial charge in [-0.05, 0) is 0 Å². The molecular weight excluding hydrogens is 234 g/mol. The first kappa shape index (κ1) is 12.1. The smallest absolute Gasteiger partial charge is 0.240 e. The molecular formula is C12H19N3O3. The Labute approximate surface area is 106 Å². The zero-order valence-corrected chi connectivity index (χ0v) is 10.7. The maximum absolute atomic E-state index is 5.70. The van der Waals surface area contributed by atoms with Crippen LogP contribution in [0, 0.1) is 0 Å². The van der Waals surface area contributed by atoms with Crippen LogP contribution >= 0.6 is 0 Å². The highest BCUT2D eigenvalue weighted by Gasteiger charge is 2.39. The predicted octanol–water partition coefficient (Wildman–Crippen LogP) is 0.971. The molecule has 2 aliphatic rings. The largest absolute Gasteiger partial charge is 0.347 e. The number of nitrogens with zero attached hydrogens (tertiary/aromatic N) is 3. The van der Waals surface area contributed by atoms with Crippen LogP contribution in [-0.2, 0) is 22.4 Å². The van der Waals surface area contributed by atoms with Gasteiger partial charge in [0.1, 0.15) is 0 Å². The summed E-state index contributed by atoms with van der Waals surface area (Å²) in [5.41, 5.74) is 0. The molecule has 18 heavy (non-hydrogen) atoms. The number of hydrogen-bond acceptors (Lipinski definition) is 6. The highest BCUT2D eigenvalue weighted by atomic mass is 16.7. The minimum absolute atomic E-state index is 0.306. The van der Waals surface area contributed by atoms with Crippen molar-refractivity contribution in [2.45, 2.75) is 38.5 Å². The van der Waals surface area contributed by atoms with Gasteiger partial charge in [0.15, 0.2) is 11.6 Å². The Hall–Kier alpha value is -0.980. The SMILES string of the molecule is CCc1noc(CN2CCC3(CC2)OCCO3)n1. The lowest BCUT2D eigenvalue weighted by Gasteiger charge is -2.36. The van der Waals surface area contributed by atoms with Crippen LogP contribution in [0.25, 0.3) is 0 Å². The summed E-state index contributed by atoms with van der Waals surface area (Å²) < 4.78 is 16.6. The molecule has 2 fully saturated rings. The first-order valence-corrected chi connectivity index (χ1v) is 6.61. The van der Waals surface area contributed by atoms with E-state index in [0.717, 1.165) is 57.9 Å². The Bertz CT molecular complexity index is 391. The highest BCUT2D eigenvalue weighted by molar-refractivity contribution is 4.88. The number of ether oxygens (including phenoxy) is 2. The molecule has 2 aliphatic heterocycles. The molecule has 0 aromatic carbocycles. The molecule has 6 heteroatoms. The molecule has 0 atom stereocenters. The molecule has 0 bridgehead atoms. The van der Waals surface area contributed by atoms with E-state index in [1.807, 2.05) is 6.92 Å². The van der Waals surface area contributed by atoms with Crippen LogP contribution in [0.2, 0.25) is 0 Å². The van der Waals surface area contributed by atoms with Crippen molar-refractivity contribution in [1.29, 1.82) is 0 Å². The summed E-state index contributed by atoms with van der Waals surface area (Å²) >= 11 is 0. The van der Waals surface area contributed by atoms with Gasteiger partial charge in [-0.25, -0.2) is 0 Å². The molecule has 0 N–H and O–H groups in total. The van der Waals surface area contributed by atoms with Gasteiger partial charge in [-0.2, -0.15) is 4.98 Å². The summed E-state index contributed by atoms with van der Waals surface area (Å²) in [4.78, 5) is 6.64. The van der Waals surface area contributed by atoms with E-state index in [-0.39, 0.29) is 5.79 Å². The number of aryl methyl sites for hydroxylation is 1. The zero-order valence-electron chi connectivity index (χ0n) is 10.7. The van der Waals surface area contributed by atoms with Crippen LogP contribution in [0.1, 0.15) is 31.5 Å². The Morgan fingerprint density at radius 3 is 2.56 bits per heavy atom. The summed E-state index contributed by atoms with van der Waals surface area (Å²) in [7, 11) is 0. The molecule has 3 rings (SSSR count). The van der Waals surface area contributed by atoms with Crippen molar-refractivity contribution >= 4 is 0 Å². The lowest BCUT2D eigenvalue weighted by atomic mass is 10.0. The summed E-state index contributed by atoms with van der Waals surface area (Å²) in [5, 5.41) is 3.91. The number of rotatable bonds is 3. The standard InChI is InChI=1S/C12H19N3O3/c1-2-10-13-11(18-14-10)9-15-5-3-12(4-6-15)16-7-8-17-12/h2-9H2,1H3. The monoisotopic (exact) mass is 253 g/mol. The van der Waals surface area contributed by atoms with Crippen LogP contribution in [-0.4, -0.2) is 47.1 Å². The van der Waals surface area contributed by atoms with Crippen molar-refractivity contribution in [3.8, 4) is 0 Å². The molecule has 0 amide bonds. The van der Waals surface area contributed by atoms with Crippen molar-refractivity contribution in [1.82, 2.24) is 15.0 Å². The lowest BCUT2D eigenvalue weighted by molar-refractivity contribution is -0.186. The summed E-state index contributed by atoms with van der Waals surface area (Å²) in [6, 6.07) is 0. The minimum Gasteiger partial charge on any atom is -0.347 e.